The van der Waals surface area contributed by atoms with Gasteiger partial charge in [0.05, 0.1) is 24.2 Å². The van der Waals surface area contributed by atoms with Crippen molar-refractivity contribution in [2.45, 2.75) is 38.8 Å². The largest absolute Gasteiger partial charge is 0.497 e. The fraction of sp³-hybridized carbons (Fsp3) is 0.464. The Balaban J connectivity index is 1.30. The molecule has 1 fully saturated rings. The van der Waals surface area contributed by atoms with Gasteiger partial charge in [0.2, 0.25) is 0 Å². The van der Waals surface area contributed by atoms with Crippen LogP contribution in [0.25, 0.3) is 11.0 Å². The number of aromatic amines is 1. The number of imidazole rings is 1. The lowest BCUT2D eigenvalue weighted by Gasteiger charge is -2.35. The predicted octanol–water partition coefficient (Wildman–Crippen LogP) is 3.71. The van der Waals surface area contributed by atoms with Crippen LogP contribution in [0.3, 0.4) is 0 Å². The summed E-state index contributed by atoms with van der Waals surface area (Å²) < 4.78 is 10.7. The molecule has 3 N–H and O–H groups in total. The van der Waals surface area contributed by atoms with Gasteiger partial charge in [-0.05, 0) is 57.0 Å². The summed E-state index contributed by atoms with van der Waals surface area (Å²) in [4.78, 5) is 37.2. The van der Waals surface area contributed by atoms with Crippen molar-refractivity contribution in [2.75, 3.05) is 46.4 Å². The van der Waals surface area contributed by atoms with Crippen LogP contribution in [0, 0.1) is 0 Å². The predicted molar refractivity (Wildman–Crippen MR) is 146 cm³/mol. The van der Waals surface area contributed by atoms with Gasteiger partial charge in [-0.2, -0.15) is 0 Å². The third kappa shape index (κ3) is 7.61. The lowest BCUT2D eigenvalue weighted by atomic mass is 10.1. The van der Waals surface area contributed by atoms with Crippen LogP contribution in [0.4, 0.5) is 9.59 Å². The molecule has 3 amide bonds. The molecule has 1 aliphatic heterocycles. The van der Waals surface area contributed by atoms with E-state index in [2.05, 4.69) is 20.5 Å². The highest BCUT2D eigenvalue weighted by Gasteiger charge is 2.26. The van der Waals surface area contributed by atoms with Crippen LogP contribution in [0.1, 0.15) is 38.2 Å². The Morgan fingerprint density at radius 3 is 2.42 bits per heavy atom. The van der Waals surface area contributed by atoms with Gasteiger partial charge in [-0.15, -0.1) is 0 Å². The van der Waals surface area contributed by atoms with Gasteiger partial charge in [0.25, 0.3) is 0 Å². The summed E-state index contributed by atoms with van der Waals surface area (Å²) in [6.45, 7) is 9.49. The van der Waals surface area contributed by atoms with Gasteiger partial charge in [-0.3, -0.25) is 4.90 Å². The summed E-state index contributed by atoms with van der Waals surface area (Å²) in [6, 6.07) is 15.0. The standard InChI is InChI=1S/C28H38N6O4/c1-28(2,3)38-27(36)34-17-15-33(16-18-34)14-13-29-26(35)32-24(19-20-9-11-21(37-4)12-10-20)25-30-22-7-5-6-8-23(22)31-25/h5-12,24H,13-19H2,1-4H3,(H,30,31)(H2,29,32,35)/t24-/m1/s1. The Morgan fingerprint density at radius 2 is 1.76 bits per heavy atom. The maximum atomic E-state index is 12.9. The fourth-order valence-corrected chi connectivity index (χ4v) is 4.37. The van der Waals surface area contributed by atoms with E-state index >= 15 is 0 Å². The van der Waals surface area contributed by atoms with Crippen molar-refractivity contribution in [1.29, 1.82) is 0 Å². The van der Waals surface area contributed by atoms with E-state index in [1.165, 1.54) is 0 Å². The van der Waals surface area contributed by atoms with E-state index in [4.69, 9.17) is 14.5 Å². The zero-order chi connectivity index (χ0) is 27.1. The monoisotopic (exact) mass is 522 g/mol. The van der Waals surface area contributed by atoms with E-state index in [0.29, 0.717) is 38.4 Å². The molecule has 0 spiro atoms. The van der Waals surface area contributed by atoms with Crippen molar-refractivity contribution in [3.05, 3.63) is 59.9 Å². The van der Waals surface area contributed by atoms with Crippen LogP contribution in [-0.2, 0) is 11.2 Å². The topological polar surface area (TPSA) is 112 Å². The molecule has 1 aromatic heterocycles. The van der Waals surface area contributed by atoms with Crippen LogP contribution >= 0.6 is 0 Å². The second-order valence-corrected chi connectivity index (χ2v) is 10.5. The van der Waals surface area contributed by atoms with E-state index in [1.54, 1.807) is 12.0 Å². The molecule has 2 aromatic carbocycles. The van der Waals surface area contributed by atoms with Crippen LogP contribution < -0.4 is 15.4 Å². The number of benzene rings is 2. The number of rotatable bonds is 8. The van der Waals surface area contributed by atoms with E-state index in [-0.39, 0.29) is 18.2 Å². The molecule has 10 heteroatoms. The zero-order valence-electron chi connectivity index (χ0n) is 22.6. The Bertz CT molecular complexity index is 1180. The Morgan fingerprint density at radius 1 is 1.05 bits per heavy atom. The number of methoxy groups -OCH3 is 1. The Kier molecular flexibility index (Phi) is 8.73. The number of amides is 3. The second-order valence-electron chi connectivity index (χ2n) is 10.5. The fourth-order valence-electron chi connectivity index (χ4n) is 4.37. The number of piperazine rings is 1. The molecule has 0 radical (unpaired) electrons. The number of nitrogens with one attached hydrogen (secondary N) is 3. The van der Waals surface area contributed by atoms with Crippen molar-refractivity contribution < 1.29 is 19.1 Å². The van der Waals surface area contributed by atoms with Crippen molar-refractivity contribution in [2.24, 2.45) is 0 Å². The smallest absolute Gasteiger partial charge is 0.410 e. The number of H-pyrrole nitrogens is 1. The molecule has 0 unspecified atom stereocenters. The number of carbonyl (C=O) groups excluding carboxylic acids is 2. The molecule has 0 aliphatic carbocycles. The number of carbonyl (C=O) groups is 2. The van der Waals surface area contributed by atoms with Crippen molar-refractivity contribution in [3.8, 4) is 5.75 Å². The summed E-state index contributed by atoms with van der Waals surface area (Å²) in [5, 5.41) is 6.06. The number of ether oxygens (including phenoxy) is 2. The number of aromatic nitrogens is 2. The first-order valence-electron chi connectivity index (χ1n) is 13.0. The third-order valence-corrected chi connectivity index (χ3v) is 6.38. The van der Waals surface area contributed by atoms with Gasteiger partial charge >= 0.3 is 12.1 Å². The lowest BCUT2D eigenvalue weighted by Crippen LogP contribution is -2.51. The number of hydrogen-bond acceptors (Lipinski definition) is 6. The molecule has 0 bridgehead atoms. The first kappa shape index (κ1) is 27.3. The highest BCUT2D eigenvalue weighted by molar-refractivity contribution is 5.76. The molecule has 10 nitrogen and oxygen atoms in total. The molecule has 2 heterocycles. The minimum Gasteiger partial charge on any atom is -0.497 e. The molecular formula is C28H38N6O4. The minimum absolute atomic E-state index is 0.253. The Hall–Kier alpha value is -3.79. The highest BCUT2D eigenvalue weighted by atomic mass is 16.6. The SMILES string of the molecule is COc1ccc(C[C@@H](NC(=O)NCCN2CCN(C(=O)OC(C)(C)C)CC2)c2nc3ccccc3[nH]2)cc1. The third-order valence-electron chi connectivity index (χ3n) is 6.38. The molecular weight excluding hydrogens is 484 g/mol. The summed E-state index contributed by atoms with van der Waals surface area (Å²) in [5.41, 5.74) is 2.34. The van der Waals surface area contributed by atoms with Crippen molar-refractivity contribution >= 4 is 23.2 Å². The van der Waals surface area contributed by atoms with Gasteiger partial charge in [-0.25, -0.2) is 14.6 Å². The molecule has 0 saturated carbocycles. The number of fused-ring (bicyclic) bond motifs is 1. The number of nitrogens with zero attached hydrogens (tertiary/aromatic N) is 3. The first-order chi connectivity index (χ1) is 18.2. The molecule has 4 rings (SSSR count). The zero-order valence-corrected chi connectivity index (χ0v) is 22.6. The normalized spacial score (nSPS) is 15.2. The van der Waals surface area contributed by atoms with Gasteiger partial charge in [0.15, 0.2) is 0 Å². The molecule has 38 heavy (non-hydrogen) atoms. The highest BCUT2D eigenvalue weighted by Crippen LogP contribution is 2.21. The van der Waals surface area contributed by atoms with Crippen LogP contribution in [0.5, 0.6) is 5.75 Å². The minimum atomic E-state index is -0.501. The van der Waals surface area contributed by atoms with Gasteiger partial charge in [0.1, 0.15) is 17.2 Å². The quantitative estimate of drug-likeness (QED) is 0.416. The molecule has 1 aliphatic rings. The lowest BCUT2D eigenvalue weighted by molar-refractivity contribution is 0.0147. The summed E-state index contributed by atoms with van der Waals surface area (Å²) in [5.74, 6) is 1.49. The number of para-hydroxylation sites is 2. The second kappa shape index (κ2) is 12.2. The van der Waals surface area contributed by atoms with Gasteiger partial charge in [0, 0.05) is 39.3 Å². The maximum Gasteiger partial charge on any atom is 0.410 e. The molecule has 1 atom stereocenters. The average molecular weight is 523 g/mol. The van der Waals surface area contributed by atoms with E-state index in [9.17, 15) is 9.59 Å². The molecule has 3 aromatic rings. The van der Waals surface area contributed by atoms with E-state index in [0.717, 1.165) is 35.4 Å². The van der Waals surface area contributed by atoms with Crippen LogP contribution in [0.15, 0.2) is 48.5 Å². The number of urea groups is 1. The van der Waals surface area contributed by atoms with Crippen LogP contribution in [0.2, 0.25) is 0 Å². The maximum absolute atomic E-state index is 12.9. The molecule has 204 valence electrons. The first-order valence-corrected chi connectivity index (χ1v) is 13.0. The summed E-state index contributed by atoms with van der Waals surface area (Å²) >= 11 is 0. The summed E-state index contributed by atoms with van der Waals surface area (Å²) in [6.07, 6.45) is 0.298. The summed E-state index contributed by atoms with van der Waals surface area (Å²) in [7, 11) is 1.64. The van der Waals surface area contributed by atoms with Crippen molar-refractivity contribution in [1.82, 2.24) is 30.4 Å². The van der Waals surface area contributed by atoms with Crippen LogP contribution in [-0.4, -0.2) is 83.9 Å². The van der Waals surface area contributed by atoms with Gasteiger partial charge < -0.3 is 30.0 Å². The Labute approximate surface area is 223 Å². The number of hydrogen-bond donors (Lipinski definition) is 3. The van der Waals surface area contributed by atoms with E-state index in [1.807, 2.05) is 69.3 Å². The van der Waals surface area contributed by atoms with E-state index < -0.39 is 5.60 Å². The van der Waals surface area contributed by atoms with Crippen molar-refractivity contribution in [3.63, 3.8) is 0 Å². The average Bonchev–Trinajstić information content (AvgIpc) is 3.32. The van der Waals surface area contributed by atoms with Gasteiger partial charge in [-0.1, -0.05) is 24.3 Å². The molecule has 1 saturated heterocycles.